The van der Waals surface area contributed by atoms with E-state index in [4.69, 9.17) is 5.73 Å². The topological polar surface area (TPSA) is 111 Å². The fraction of sp³-hybridized carbons (Fsp3) is 0.444. The molecule has 1 fully saturated rings. The van der Waals surface area contributed by atoms with Crippen LogP contribution < -0.4 is 16.4 Å². The van der Waals surface area contributed by atoms with Crippen LogP contribution in [0.15, 0.2) is 35.2 Å². The summed E-state index contributed by atoms with van der Waals surface area (Å²) in [5.41, 5.74) is 6.46. The minimum atomic E-state index is -0.269. The lowest BCUT2D eigenvalue weighted by Crippen LogP contribution is -2.41. The summed E-state index contributed by atoms with van der Waals surface area (Å²) in [4.78, 5) is 20.8. The molecular weight excluding hydrogens is 410 g/mol. The molecule has 4 atom stereocenters. The molecule has 9 heteroatoms. The van der Waals surface area contributed by atoms with Crippen molar-refractivity contribution in [1.82, 2.24) is 19.7 Å². The van der Waals surface area contributed by atoms with Crippen LogP contribution in [0.4, 0.5) is 17.5 Å². The predicted octanol–water partition coefficient (Wildman–Crippen LogP) is 2.85. The smallest absolute Gasteiger partial charge is 0.229 e. The molecule has 8 nitrogen and oxygen atoms in total. The fourth-order valence-electron chi connectivity index (χ4n) is 3.91. The molecule has 4 N–H and O–H groups in total. The summed E-state index contributed by atoms with van der Waals surface area (Å²) in [5.74, 6) is 1.11. The average Bonchev–Trinajstić information content (AvgIpc) is 3.33. The van der Waals surface area contributed by atoms with Crippen LogP contribution in [0.25, 0.3) is 0 Å². The molecule has 4 rings (SSSR count). The van der Waals surface area contributed by atoms with Gasteiger partial charge >= 0.3 is 0 Å². The third-order valence-corrected chi connectivity index (χ3v) is 5.80. The summed E-state index contributed by atoms with van der Waals surface area (Å²) >= 11 is 3.49. The number of nitrogens with one attached hydrogen (secondary N) is 2. The molecule has 1 saturated carbocycles. The maximum absolute atomic E-state index is 11.9. The lowest BCUT2D eigenvalue weighted by Gasteiger charge is -2.27. The zero-order valence-electron chi connectivity index (χ0n) is 15.1. The number of nitrogens with zero attached hydrogens (tertiary/aromatic N) is 4. The van der Waals surface area contributed by atoms with Gasteiger partial charge in [-0.25, -0.2) is 4.98 Å². The summed E-state index contributed by atoms with van der Waals surface area (Å²) in [6.07, 6.45) is 10.6. The third-order valence-electron chi connectivity index (χ3n) is 5.22. The Hall–Kier alpha value is -2.42. The number of hydrogen-bond acceptors (Lipinski definition) is 6. The molecule has 1 amide bonds. The normalized spacial score (nSPS) is 25.9. The van der Waals surface area contributed by atoms with E-state index in [1.807, 2.05) is 10.9 Å². The second kappa shape index (κ2) is 6.95. The maximum atomic E-state index is 11.9. The monoisotopic (exact) mass is 431 g/mol. The van der Waals surface area contributed by atoms with Crippen molar-refractivity contribution in [2.45, 2.75) is 32.4 Å². The Balaban J connectivity index is 1.54. The Labute approximate surface area is 165 Å². The van der Waals surface area contributed by atoms with Crippen LogP contribution in [0.1, 0.15) is 26.3 Å². The first kappa shape index (κ1) is 18.0. The largest absolute Gasteiger partial charge is 0.369 e. The first-order valence-corrected chi connectivity index (χ1v) is 9.79. The van der Waals surface area contributed by atoms with E-state index < -0.39 is 0 Å². The number of allylic oxidation sites excluding steroid dienone is 1. The number of carbonyl (C=O) groups is 1. The van der Waals surface area contributed by atoms with E-state index >= 15 is 0 Å². The molecule has 2 aliphatic carbocycles. The number of aromatic nitrogens is 4. The van der Waals surface area contributed by atoms with Crippen molar-refractivity contribution in [3.05, 3.63) is 35.2 Å². The Kier molecular flexibility index (Phi) is 4.63. The first-order chi connectivity index (χ1) is 12.9. The van der Waals surface area contributed by atoms with Gasteiger partial charge in [0, 0.05) is 24.5 Å². The van der Waals surface area contributed by atoms with Crippen LogP contribution in [-0.2, 0) is 4.79 Å². The molecule has 142 valence electrons. The van der Waals surface area contributed by atoms with E-state index in [-0.39, 0.29) is 35.7 Å². The van der Waals surface area contributed by atoms with Gasteiger partial charge in [0.05, 0.1) is 22.3 Å². The molecule has 2 aromatic heterocycles. The van der Waals surface area contributed by atoms with E-state index in [1.165, 1.54) is 0 Å². The molecule has 0 saturated heterocycles. The number of amides is 1. The molecule has 0 aromatic carbocycles. The summed E-state index contributed by atoms with van der Waals surface area (Å²) in [6.45, 7) is 4.13. The zero-order valence-corrected chi connectivity index (χ0v) is 16.7. The number of halogens is 1. The minimum Gasteiger partial charge on any atom is -0.369 e. The van der Waals surface area contributed by atoms with Crippen molar-refractivity contribution in [1.29, 1.82) is 0 Å². The van der Waals surface area contributed by atoms with Crippen molar-refractivity contribution < 1.29 is 4.79 Å². The summed E-state index contributed by atoms with van der Waals surface area (Å²) < 4.78 is 2.60. The van der Waals surface area contributed by atoms with E-state index in [1.54, 1.807) is 12.4 Å². The highest BCUT2D eigenvalue weighted by molar-refractivity contribution is 9.10. The third kappa shape index (κ3) is 3.43. The van der Waals surface area contributed by atoms with Crippen LogP contribution in [0.5, 0.6) is 0 Å². The SMILES string of the molecule is CC(C)n1cc(Nc2ncc(Br)c(N[C@H]3[C@@H](C(N)=O)[C@@H]4C=C[C@H]3C4)n2)cn1. The van der Waals surface area contributed by atoms with Gasteiger partial charge in [-0.05, 0) is 48.0 Å². The number of rotatable bonds is 6. The summed E-state index contributed by atoms with van der Waals surface area (Å²) in [5, 5.41) is 10.9. The highest BCUT2D eigenvalue weighted by atomic mass is 79.9. The average molecular weight is 432 g/mol. The molecule has 27 heavy (non-hydrogen) atoms. The summed E-state index contributed by atoms with van der Waals surface area (Å²) in [7, 11) is 0. The fourth-order valence-corrected chi connectivity index (χ4v) is 4.21. The van der Waals surface area contributed by atoms with Gasteiger partial charge in [0.25, 0.3) is 0 Å². The standard InChI is InChI=1S/C18H22BrN7O/c1-9(2)26-8-12(6-22-26)23-18-21-7-13(19)17(25-18)24-15-11-4-3-10(5-11)14(15)16(20)27/h3-4,6-11,14-15H,5H2,1-2H3,(H2,20,27)(H2,21,23,24,25)/t10-,11+,14+,15-/m1/s1. The Morgan fingerprint density at radius 3 is 2.81 bits per heavy atom. The number of nitrogens with two attached hydrogens (primary N) is 1. The molecule has 2 heterocycles. The van der Waals surface area contributed by atoms with Crippen LogP contribution in [-0.4, -0.2) is 31.7 Å². The number of primary amides is 1. The predicted molar refractivity (Wildman–Crippen MR) is 106 cm³/mol. The zero-order chi connectivity index (χ0) is 19.1. The Morgan fingerprint density at radius 1 is 1.33 bits per heavy atom. The van der Waals surface area contributed by atoms with Gasteiger partial charge in [0.15, 0.2) is 0 Å². The van der Waals surface area contributed by atoms with Gasteiger partial charge in [-0.2, -0.15) is 10.1 Å². The van der Waals surface area contributed by atoms with Gasteiger partial charge in [-0.15, -0.1) is 0 Å². The van der Waals surface area contributed by atoms with E-state index in [2.05, 4.69) is 67.6 Å². The molecular formula is C18H22BrN7O. The molecule has 2 bridgehead atoms. The minimum absolute atomic E-state index is 0.0553. The number of anilines is 3. The van der Waals surface area contributed by atoms with E-state index in [0.717, 1.165) is 16.6 Å². The summed E-state index contributed by atoms with van der Waals surface area (Å²) in [6, 6.07) is 0.223. The molecule has 0 radical (unpaired) electrons. The van der Waals surface area contributed by atoms with Crippen LogP contribution in [0.3, 0.4) is 0 Å². The van der Waals surface area contributed by atoms with E-state index in [0.29, 0.717) is 11.8 Å². The molecule has 2 aromatic rings. The number of carbonyl (C=O) groups excluding carboxylic acids is 1. The van der Waals surface area contributed by atoms with Crippen molar-refractivity contribution in [3.8, 4) is 0 Å². The molecule has 0 spiro atoms. The lowest BCUT2D eigenvalue weighted by molar-refractivity contribution is -0.122. The van der Waals surface area contributed by atoms with Crippen molar-refractivity contribution in [2.24, 2.45) is 23.5 Å². The number of hydrogen-bond donors (Lipinski definition) is 3. The van der Waals surface area contributed by atoms with Crippen molar-refractivity contribution >= 4 is 39.3 Å². The van der Waals surface area contributed by atoms with Gasteiger partial charge in [-0.1, -0.05) is 12.2 Å². The van der Waals surface area contributed by atoms with Gasteiger partial charge < -0.3 is 16.4 Å². The van der Waals surface area contributed by atoms with Crippen LogP contribution >= 0.6 is 15.9 Å². The quantitative estimate of drug-likeness (QED) is 0.606. The first-order valence-electron chi connectivity index (χ1n) is 9.00. The Morgan fingerprint density at radius 2 is 2.11 bits per heavy atom. The highest BCUT2D eigenvalue weighted by Crippen LogP contribution is 2.45. The van der Waals surface area contributed by atoms with Crippen molar-refractivity contribution in [2.75, 3.05) is 10.6 Å². The lowest BCUT2D eigenvalue weighted by atomic mass is 9.88. The van der Waals surface area contributed by atoms with Gasteiger partial charge in [0.2, 0.25) is 11.9 Å². The van der Waals surface area contributed by atoms with E-state index in [9.17, 15) is 4.79 Å². The molecule has 2 aliphatic rings. The van der Waals surface area contributed by atoms with Crippen LogP contribution in [0, 0.1) is 17.8 Å². The highest BCUT2D eigenvalue weighted by Gasteiger charge is 2.47. The van der Waals surface area contributed by atoms with Gasteiger partial charge in [-0.3, -0.25) is 9.48 Å². The second-order valence-electron chi connectivity index (χ2n) is 7.36. The molecule has 0 aliphatic heterocycles. The van der Waals surface area contributed by atoms with Crippen molar-refractivity contribution in [3.63, 3.8) is 0 Å². The number of fused-ring (bicyclic) bond motifs is 2. The maximum Gasteiger partial charge on any atom is 0.229 e. The van der Waals surface area contributed by atoms with Crippen LogP contribution in [0.2, 0.25) is 0 Å². The van der Waals surface area contributed by atoms with Gasteiger partial charge in [0.1, 0.15) is 5.82 Å². The second-order valence-corrected chi connectivity index (χ2v) is 8.22. The Bertz CT molecular complexity index is 894. The molecule has 0 unspecified atom stereocenters.